The van der Waals surface area contributed by atoms with Crippen molar-refractivity contribution in [1.29, 1.82) is 0 Å². The van der Waals surface area contributed by atoms with Crippen molar-refractivity contribution in [2.45, 2.75) is 39.5 Å². The number of carbonyl (C=O) groups is 1. The number of pyridine rings is 4. The van der Waals surface area contributed by atoms with Crippen molar-refractivity contribution >= 4 is 31.4 Å². The van der Waals surface area contributed by atoms with Gasteiger partial charge in [0.15, 0.2) is 75.8 Å². The molecule has 6 aromatic rings. The van der Waals surface area contributed by atoms with Crippen LogP contribution in [-0.2, 0) is 37.4 Å². The lowest BCUT2D eigenvalue weighted by molar-refractivity contribution is -0.689. The molecule has 0 bridgehead atoms. The van der Waals surface area contributed by atoms with Gasteiger partial charge in [0.05, 0.1) is 0 Å². The summed E-state index contributed by atoms with van der Waals surface area (Å²) in [5, 5.41) is 32.7. The Balaban J connectivity index is 1.08. The van der Waals surface area contributed by atoms with E-state index in [-0.39, 0.29) is 5.91 Å². The predicted molar refractivity (Wildman–Crippen MR) is 204 cm³/mol. The molecule has 0 aliphatic rings. The standard InChI is InChI=1S/C42H43B2N5O4/c1-32(2)42(50)45-13-6-33-7-16-47(17-8-33)30-36-23-37(27-41(26-36)44(52)53)31-49-20-11-39(12-21-49)38-9-18-48(19-10-38)29-35-22-34(24-40(25-35)43-51)28-46-14-4-3-5-15-46/h3-5,7-12,14-27,51-53H,1,6,13,28-31H2,2H3/q+3/p+1. The van der Waals surface area contributed by atoms with Crippen LogP contribution in [0.2, 0.25) is 0 Å². The summed E-state index contributed by atoms with van der Waals surface area (Å²) in [6, 6.07) is 30.4. The van der Waals surface area contributed by atoms with Gasteiger partial charge in [-0.15, -0.1) is 0 Å². The highest BCUT2D eigenvalue weighted by Gasteiger charge is 2.17. The number of nitrogens with one attached hydrogen (secondary N) is 1. The van der Waals surface area contributed by atoms with E-state index in [1.54, 1.807) is 6.92 Å². The molecule has 6 rings (SSSR count). The fourth-order valence-corrected chi connectivity index (χ4v) is 6.30. The van der Waals surface area contributed by atoms with Gasteiger partial charge in [-0.25, -0.2) is 18.3 Å². The zero-order chi connectivity index (χ0) is 37.2. The van der Waals surface area contributed by atoms with Crippen LogP contribution in [-0.4, -0.2) is 42.1 Å². The molecule has 53 heavy (non-hydrogen) atoms. The van der Waals surface area contributed by atoms with Crippen LogP contribution in [0.1, 0.15) is 34.7 Å². The van der Waals surface area contributed by atoms with E-state index in [1.807, 2.05) is 96.3 Å². The van der Waals surface area contributed by atoms with Crippen LogP contribution in [0.5, 0.6) is 0 Å². The number of hydrogen-bond acceptors (Lipinski definition) is 4. The summed E-state index contributed by atoms with van der Waals surface area (Å²) in [4.78, 5) is 11.7. The van der Waals surface area contributed by atoms with E-state index in [0.29, 0.717) is 43.6 Å². The minimum atomic E-state index is -1.57. The second-order valence-corrected chi connectivity index (χ2v) is 13.4. The summed E-state index contributed by atoms with van der Waals surface area (Å²) in [6.07, 6.45) is 17.0. The van der Waals surface area contributed by atoms with Crippen LogP contribution in [0, 0.1) is 0 Å². The van der Waals surface area contributed by atoms with Gasteiger partial charge in [0.2, 0.25) is 5.91 Å². The third kappa shape index (κ3) is 10.6. The van der Waals surface area contributed by atoms with E-state index >= 15 is 0 Å². The average molecular weight is 704 g/mol. The zero-order valence-electron chi connectivity index (χ0n) is 29.9. The minimum Gasteiger partial charge on any atom is -0.450 e. The number of rotatable bonds is 15. The molecule has 0 saturated carbocycles. The van der Waals surface area contributed by atoms with Crippen molar-refractivity contribution in [3.63, 3.8) is 0 Å². The third-order valence-electron chi connectivity index (χ3n) is 9.00. The fraction of sp³-hybridized carbons (Fsp3) is 0.167. The normalized spacial score (nSPS) is 10.9. The van der Waals surface area contributed by atoms with Gasteiger partial charge in [-0.2, -0.15) is 0 Å². The van der Waals surface area contributed by atoms with Gasteiger partial charge >= 0.3 is 14.6 Å². The molecule has 4 heterocycles. The van der Waals surface area contributed by atoms with E-state index in [4.69, 9.17) is 0 Å². The van der Waals surface area contributed by atoms with Crippen molar-refractivity contribution in [3.8, 4) is 11.1 Å². The summed E-state index contributed by atoms with van der Waals surface area (Å²) in [7, 11) is -0.418. The fourth-order valence-electron chi connectivity index (χ4n) is 6.30. The maximum atomic E-state index is 11.7. The van der Waals surface area contributed by atoms with Gasteiger partial charge in [-0.1, -0.05) is 42.4 Å². The lowest BCUT2D eigenvalue weighted by atomic mass is 9.78. The third-order valence-corrected chi connectivity index (χ3v) is 9.00. The Morgan fingerprint density at radius 3 is 1.51 bits per heavy atom. The van der Waals surface area contributed by atoms with Gasteiger partial charge in [0.1, 0.15) is 0 Å². The lowest BCUT2D eigenvalue weighted by Gasteiger charge is -2.08. The molecule has 4 N–H and O–H groups in total. The summed E-state index contributed by atoms with van der Waals surface area (Å²) < 4.78 is 8.35. The average Bonchev–Trinajstić information content (AvgIpc) is 3.16. The van der Waals surface area contributed by atoms with Crippen LogP contribution < -0.4 is 34.5 Å². The summed E-state index contributed by atoms with van der Waals surface area (Å²) in [5.74, 6) is -0.137. The Labute approximate surface area is 311 Å². The first-order chi connectivity index (χ1) is 25.7. The largest absolute Gasteiger partial charge is 0.488 e. The molecule has 0 spiro atoms. The van der Waals surface area contributed by atoms with E-state index in [9.17, 15) is 19.9 Å². The predicted octanol–water partition coefficient (Wildman–Crippen LogP) is 0.848. The Kier molecular flexibility index (Phi) is 12.3. The smallest absolute Gasteiger partial charge is 0.450 e. The van der Waals surface area contributed by atoms with Crippen molar-refractivity contribution in [2.75, 3.05) is 6.54 Å². The van der Waals surface area contributed by atoms with Crippen LogP contribution >= 0.6 is 0 Å². The van der Waals surface area contributed by atoms with Crippen molar-refractivity contribution < 1.29 is 38.1 Å². The second-order valence-electron chi connectivity index (χ2n) is 13.4. The van der Waals surface area contributed by atoms with E-state index < -0.39 is 7.12 Å². The Morgan fingerprint density at radius 1 is 0.642 bits per heavy atom. The van der Waals surface area contributed by atoms with Crippen molar-refractivity contribution in [2.24, 2.45) is 0 Å². The number of carbonyl (C=O) groups excluding carboxylic acids is 1. The van der Waals surface area contributed by atoms with Gasteiger partial charge < -0.3 is 20.4 Å². The summed E-state index contributed by atoms with van der Waals surface area (Å²) >= 11 is 0. The molecule has 4 aromatic heterocycles. The van der Waals surface area contributed by atoms with E-state index in [0.717, 1.165) is 58.4 Å². The minimum absolute atomic E-state index is 0.137. The van der Waals surface area contributed by atoms with Gasteiger partial charge in [0, 0.05) is 82.9 Å². The van der Waals surface area contributed by atoms with Crippen molar-refractivity contribution in [3.05, 3.63) is 181 Å². The molecule has 1 amide bonds. The summed E-state index contributed by atoms with van der Waals surface area (Å²) in [5.41, 5.74) is 9.16. The van der Waals surface area contributed by atoms with Gasteiger partial charge in [0.25, 0.3) is 0 Å². The molecule has 263 valence electrons. The molecule has 9 nitrogen and oxygen atoms in total. The Bertz CT molecular complexity index is 2160. The molecule has 0 aliphatic heterocycles. The summed E-state index contributed by atoms with van der Waals surface area (Å²) in [6.45, 7) is 8.42. The topological polar surface area (TPSA) is 105 Å². The van der Waals surface area contributed by atoms with Crippen molar-refractivity contribution in [1.82, 2.24) is 5.32 Å². The Hall–Kier alpha value is -5.74. The van der Waals surface area contributed by atoms with Crippen LogP contribution in [0.3, 0.4) is 0 Å². The molecule has 0 saturated heterocycles. The molecule has 0 unspecified atom stereocenters. The van der Waals surface area contributed by atoms with E-state index in [1.165, 1.54) is 0 Å². The number of nitrogens with zero attached hydrogens (tertiary/aromatic N) is 4. The molecule has 1 radical (unpaired) electrons. The molecular formula is C42H44B2N5O4+4. The lowest BCUT2D eigenvalue weighted by Crippen LogP contribution is -2.37. The first-order valence-corrected chi connectivity index (χ1v) is 17.6. The van der Waals surface area contributed by atoms with E-state index in [2.05, 4.69) is 74.4 Å². The van der Waals surface area contributed by atoms with Gasteiger partial charge in [-0.05, 0) is 47.6 Å². The molecule has 2 aromatic carbocycles. The van der Waals surface area contributed by atoms with Gasteiger partial charge in [-0.3, -0.25) is 4.79 Å². The maximum Gasteiger partial charge on any atom is 0.488 e. The highest BCUT2D eigenvalue weighted by molar-refractivity contribution is 6.58. The first kappa shape index (κ1) is 37.0. The molecule has 0 atom stereocenters. The number of hydrogen-bond donors (Lipinski definition) is 4. The number of amides is 1. The van der Waals surface area contributed by atoms with Crippen LogP contribution in [0.25, 0.3) is 11.1 Å². The molecule has 11 heteroatoms. The van der Waals surface area contributed by atoms with Crippen LogP contribution in [0.15, 0.2) is 153 Å². The first-order valence-electron chi connectivity index (χ1n) is 17.6. The molecule has 0 aliphatic carbocycles. The number of benzene rings is 2. The highest BCUT2D eigenvalue weighted by atomic mass is 16.4. The Morgan fingerprint density at radius 2 is 1.08 bits per heavy atom. The highest BCUT2D eigenvalue weighted by Crippen LogP contribution is 2.16. The molecule has 0 fully saturated rings. The second kappa shape index (κ2) is 17.7. The zero-order valence-corrected chi connectivity index (χ0v) is 29.9. The quantitative estimate of drug-likeness (QED) is 0.0724. The molecular weight excluding hydrogens is 660 g/mol. The number of aromatic nitrogens is 4. The van der Waals surface area contributed by atoms with Crippen LogP contribution in [0.4, 0.5) is 0 Å². The maximum absolute atomic E-state index is 11.7. The monoisotopic (exact) mass is 704 g/mol. The SMILES string of the molecule is C=C(C)C(=O)NCCc1cc[n+](Cc2cc(C[n+]3ccc(-c4cc[n+](Cc5cc([B]O)cc(C[n+]6ccccc6)c5)cc4)cc3)cc(B(O)O)c2)cc1.